The number of halogens is 1. The van der Waals surface area contributed by atoms with E-state index >= 15 is 0 Å². The molecule has 0 radical (unpaired) electrons. The second-order valence-electron chi connectivity index (χ2n) is 5.18. The highest BCUT2D eigenvalue weighted by Crippen LogP contribution is 2.25. The van der Waals surface area contributed by atoms with Gasteiger partial charge < -0.3 is 4.74 Å². The third-order valence-electron chi connectivity index (χ3n) is 3.56. The third-order valence-corrected chi connectivity index (χ3v) is 3.88. The summed E-state index contributed by atoms with van der Waals surface area (Å²) in [5, 5.41) is 13.0. The Bertz CT molecular complexity index is 939. The van der Waals surface area contributed by atoms with Crippen LogP contribution in [0.15, 0.2) is 60.7 Å². The Morgan fingerprint density at radius 3 is 2.54 bits per heavy atom. The van der Waals surface area contributed by atoms with Crippen LogP contribution in [0.25, 0.3) is 10.8 Å². The van der Waals surface area contributed by atoms with Gasteiger partial charge in [-0.25, -0.2) is 4.79 Å². The average Bonchev–Trinajstić information content (AvgIpc) is 2.59. The number of carbonyl (C=O) groups excluding carboxylic acids is 1. The number of ether oxygens (including phenoxy) is 1. The van der Waals surface area contributed by atoms with Gasteiger partial charge in [0.1, 0.15) is 11.6 Å². The first kappa shape index (κ1) is 16.0. The molecular weight excluding hydrogens is 330 g/mol. The minimum absolute atomic E-state index is 0.0221. The first-order valence-corrected chi connectivity index (χ1v) is 7.51. The second kappa shape index (κ2) is 6.68. The zero-order valence-electron chi connectivity index (χ0n) is 12.4. The van der Waals surface area contributed by atoms with Crippen molar-refractivity contribution in [2.75, 3.05) is 0 Å². The predicted molar refractivity (Wildman–Crippen MR) is 91.2 cm³/mol. The number of esters is 1. The van der Waals surface area contributed by atoms with Crippen molar-refractivity contribution in [1.82, 2.24) is 0 Å². The van der Waals surface area contributed by atoms with Crippen LogP contribution in [0.4, 0.5) is 5.69 Å². The van der Waals surface area contributed by atoms with Crippen LogP contribution in [-0.4, -0.2) is 10.9 Å². The molecule has 0 unspecified atom stereocenters. The Labute approximate surface area is 142 Å². The normalized spacial score (nSPS) is 10.5. The highest BCUT2D eigenvalue weighted by Gasteiger charge is 2.17. The summed E-state index contributed by atoms with van der Waals surface area (Å²) < 4.78 is 5.23. The van der Waals surface area contributed by atoms with Crippen LogP contribution in [0, 0.1) is 10.1 Å². The van der Waals surface area contributed by atoms with E-state index < -0.39 is 10.9 Å². The van der Waals surface area contributed by atoms with Gasteiger partial charge in [0.2, 0.25) is 0 Å². The number of nitro benzene ring substituents is 1. The molecule has 6 heteroatoms. The Balaban J connectivity index is 1.75. The summed E-state index contributed by atoms with van der Waals surface area (Å²) in [6, 6.07) is 17.5. The molecule has 0 aliphatic rings. The van der Waals surface area contributed by atoms with E-state index in [4.69, 9.17) is 16.3 Å². The molecule has 3 rings (SSSR count). The molecule has 0 saturated heterocycles. The summed E-state index contributed by atoms with van der Waals surface area (Å²) in [7, 11) is 0. The van der Waals surface area contributed by atoms with Gasteiger partial charge in [-0.1, -0.05) is 48.0 Å². The van der Waals surface area contributed by atoms with E-state index in [2.05, 4.69) is 0 Å². The lowest BCUT2D eigenvalue weighted by Gasteiger charge is -2.07. The van der Waals surface area contributed by atoms with Crippen molar-refractivity contribution in [3.05, 3.63) is 86.9 Å². The van der Waals surface area contributed by atoms with Crippen LogP contribution in [0.1, 0.15) is 15.9 Å². The quantitative estimate of drug-likeness (QED) is 0.390. The lowest BCUT2D eigenvalue weighted by molar-refractivity contribution is -0.384. The molecule has 0 N–H and O–H groups in total. The molecule has 3 aromatic rings. The van der Waals surface area contributed by atoms with Gasteiger partial charge in [0, 0.05) is 6.07 Å². The van der Waals surface area contributed by atoms with Crippen molar-refractivity contribution >= 4 is 34.0 Å². The number of hydrogen-bond acceptors (Lipinski definition) is 4. The smallest absolute Gasteiger partial charge is 0.338 e. The number of hydrogen-bond donors (Lipinski definition) is 0. The molecule has 0 aromatic heterocycles. The third kappa shape index (κ3) is 3.36. The van der Waals surface area contributed by atoms with Gasteiger partial charge in [-0.3, -0.25) is 10.1 Å². The van der Waals surface area contributed by atoms with Crippen LogP contribution >= 0.6 is 11.6 Å². The minimum Gasteiger partial charge on any atom is -0.457 e. The fourth-order valence-electron chi connectivity index (χ4n) is 2.34. The van der Waals surface area contributed by atoms with Crippen molar-refractivity contribution in [3.8, 4) is 0 Å². The summed E-state index contributed by atoms with van der Waals surface area (Å²) in [4.78, 5) is 22.3. The van der Waals surface area contributed by atoms with Gasteiger partial charge >= 0.3 is 5.97 Å². The lowest BCUT2D eigenvalue weighted by Crippen LogP contribution is -2.06. The van der Waals surface area contributed by atoms with E-state index in [0.717, 1.165) is 22.4 Å². The van der Waals surface area contributed by atoms with E-state index in [1.165, 1.54) is 12.1 Å². The fraction of sp³-hybridized carbons (Fsp3) is 0.0556. The Morgan fingerprint density at radius 2 is 1.79 bits per heavy atom. The molecular formula is C18H12ClNO4. The van der Waals surface area contributed by atoms with Crippen molar-refractivity contribution in [1.29, 1.82) is 0 Å². The van der Waals surface area contributed by atoms with Gasteiger partial charge in [-0.05, 0) is 34.5 Å². The van der Waals surface area contributed by atoms with Crippen LogP contribution < -0.4 is 0 Å². The van der Waals surface area contributed by atoms with Crippen molar-refractivity contribution in [3.63, 3.8) is 0 Å². The minimum atomic E-state index is -0.636. The number of carbonyl (C=O) groups is 1. The van der Waals surface area contributed by atoms with E-state index in [1.54, 1.807) is 0 Å². The maximum absolute atomic E-state index is 12.1. The van der Waals surface area contributed by atoms with Gasteiger partial charge in [-0.2, -0.15) is 0 Å². The van der Waals surface area contributed by atoms with Gasteiger partial charge in [0.25, 0.3) is 5.69 Å². The molecule has 0 spiro atoms. The Morgan fingerprint density at radius 1 is 1.04 bits per heavy atom. The van der Waals surface area contributed by atoms with Crippen LogP contribution in [-0.2, 0) is 11.3 Å². The largest absolute Gasteiger partial charge is 0.457 e. The SMILES string of the molecule is O=C(OCc1ccc2ccccc2c1)c1ccc(Cl)c([N+](=O)[O-])c1. The summed E-state index contributed by atoms with van der Waals surface area (Å²) in [6.07, 6.45) is 0. The van der Waals surface area contributed by atoms with Gasteiger partial charge in [0.05, 0.1) is 10.5 Å². The summed E-state index contributed by atoms with van der Waals surface area (Å²) >= 11 is 5.73. The van der Waals surface area contributed by atoms with Crippen molar-refractivity contribution in [2.24, 2.45) is 0 Å². The summed E-state index contributed by atoms with van der Waals surface area (Å²) in [5.74, 6) is -0.636. The topological polar surface area (TPSA) is 69.4 Å². The number of nitro groups is 1. The van der Waals surface area contributed by atoms with Crippen molar-refractivity contribution in [2.45, 2.75) is 6.61 Å². The molecule has 0 bridgehead atoms. The molecule has 0 saturated carbocycles. The lowest BCUT2D eigenvalue weighted by atomic mass is 10.1. The second-order valence-corrected chi connectivity index (χ2v) is 5.59. The fourth-order valence-corrected chi connectivity index (χ4v) is 2.53. The monoisotopic (exact) mass is 341 g/mol. The number of benzene rings is 3. The average molecular weight is 342 g/mol. The summed E-state index contributed by atoms with van der Waals surface area (Å²) in [5.41, 5.74) is 0.606. The molecule has 0 amide bonds. The zero-order chi connectivity index (χ0) is 17.1. The summed E-state index contributed by atoms with van der Waals surface area (Å²) in [6.45, 7) is 0.0834. The highest BCUT2D eigenvalue weighted by atomic mass is 35.5. The van der Waals surface area contributed by atoms with E-state index in [9.17, 15) is 14.9 Å². The molecule has 120 valence electrons. The standard InChI is InChI=1S/C18H12ClNO4/c19-16-8-7-15(10-17(16)20(22)23)18(21)24-11-12-5-6-13-3-1-2-4-14(13)9-12/h1-10H,11H2. The van der Waals surface area contributed by atoms with Gasteiger partial charge in [0.15, 0.2) is 0 Å². The first-order valence-electron chi connectivity index (χ1n) is 7.13. The van der Waals surface area contributed by atoms with Crippen LogP contribution in [0.5, 0.6) is 0 Å². The number of nitrogens with zero attached hydrogens (tertiary/aromatic N) is 1. The number of fused-ring (bicyclic) bond motifs is 1. The molecule has 0 aliphatic carbocycles. The molecule has 0 atom stereocenters. The molecule has 0 heterocycles. The molecule has 3 aromatic carbocycles. The van der Waals surface area contributed by atoms with E-state index in [-0.39, 0.29) is 22.9 Å². The highest BCUT2D eigenvalue weighted by molar-refractivity contribution is 6.32. The first-order chi connectivity index (χ1) is 11.5. The van der Waals surface area contributed by atoms with E-state index in [1.807, 2.05) is 42.5 Å². The molecule has 24 heavy (non-hydrogen) atoms. The van der Waals surface area contributed by atoms with Crippen LogP contribution in [0.3, 0.4) is 0 Å². The Hall–Kier alpha value is -2.92. The zero-order valence-corrected chi connectivity index (χ0v) is 13.2. The van der Waals surface area contributed by atoms with E-state index in [0.29, 0.717) is 0 Å². The van der Waals surface area contributed by atoms with Crippen LogP contribution in [0.2, 0.25) is 5.02 Å². The Kier molecular flexibility index (Phi) is 4.44. The maximum atomic E-state index is 12.1. The predicted octanol–water partition coefficient (Wildman–Crippen LogP) is 4.76. The van der Waals surface area contributed by atoms with Gasteiger partial charge in [-0.15, -0.1) is 0 Å². The molecule has 0 aliphatic heterocycles. The maximum Gasteiger partial charge on any atom is 0.338 e. The molecule has 5 nitrogen and oxygen atoms in total. The molecule has 0 fully saturated rings. The van der Waals surface area contributed by atoms with Crippen molar-refractivity contribution < 1.29 is 14.5 Å². The number of rotatable bonds is 4.